The third-order valence-electron chi connectivity index (χ3n) is 4.57. The molecule has 3 nitrogen and oxygen atoms in total. The number of aromatic nitrogens is 1. The van der Waals surface area contributed by atoms with Crippen molar-refractivity contribution in [2.75, 3.05) is 14.2 Å². The van der Waals surface area contributed by atoms with Crippen LogP contribution in [0.4, 0.5) is 0 Å². The van der Waals surface area contributed by atoms with Crippen molar-refractivity contribution in [3.05, 3.63) is 53.7 Å². The second-order valence-electron chi connectivity index (χ2n) is 7.35. The summed E-state index contributed by atoms with van der Waals surface area (Å²) in [7, 11) is 3.31. The van der Waals surface area contributed by atoms with Crippen LogP contribution in [0, 0.1) is 0 Å². The predicted molar refractivity (Wildman–Crippen MR) is 112 cm³/mol. The number of benzene rings is 2. The molecule has 0 aliphatic carbocycles. The standard InChI is InChI=1S/C22H24BrNO2/c1-22(2,3)16-8-6-7-14(9-16)18-10-15-11-20(25-4)21(26-5)12-17(15)19(13-23)24-18/h6-12H,13H2,1-5H3. The Labute approximate surface area is 163 Å². The van der Waals surface area contributed by atoms with E-state index in [0.717, 1.165) is 33.5 Å². The molecule has 0 bridgehead atoms. The van der Waals surface area contributed by atoms with Gasteiger partial charge in [0.2, 0.25) is 0 Å². The van der Waals surface area contributed by atoms with Crippen LogP contribution >= 0.6 is 15.9 Å². The minimum Gasteiger partial charge on any atom is -0.493 e. The quantitative estimate of drug-likeness (QED) is 0.483. The Morgan fingerprint density at radius 2 is 1.65 bits per heavy atom. The molecule has 0 radical (unpaired) electrons. The highest BCUT2D eigenvalue weighted by atomic mass is 79.9. The molecule has 136 valence electrons. The molecule has 3 rings (SSSR count). The van der Waals surface area contributed by atoms with Crippen molar-refractivity contribution in [3.63, 3.8) is 0 Å². The van der Waals surface area contributed by atoms with Crippen molar-refractivity contribution < 1.29 is 9.47 Å². The van der Waals surface area contributed by atoms with Crippen LogP contribution in [-0.2, 0) is 10.7 Å². The molecule has 0 aliphatic heterocycles. The van der Waals surface area contributed by atoms with E-state index in [1.807, 2.05) is 12.1 Å². The van der Waals surface area contributed by atoms with E-state index in [9.17, 15) is 0 Å². The van der Waals surface area contributed by atoms with Crippen molar-refractivity contribution in [2.24, 2.45) is 0 Å². The summed E-state index contributed by atoms with van der Waals surface area (Å²) in [6, 6.07) is 14.7. The summed E-state index contributed by atoms with van der Waals surface area (Å²) in [5.74, 6) is 1.44. The Balaban J connectivity index is 2.22. The third kappa shape index (κ3) is 3.56. The number of pyridine rings is 1. The van der Waals surface area contributed by atoms with Crippen LogP contribution in [0.15, 0.2) is 42.5 Å². The van der Waals surface area contributed by atoms with Gasteiger partial charge in [-0.3, -0.25) is 4.98 Å². The summed E-state index contributed by atoms with van der Waals surface area (Å²) in [5, 5.41) is 2.82. The van der Waals surface area contributed by atoms with Crippen LogP contribution in [0.5, 0.6) is 11.5 Å². The summed E-state index contributed by atoms with van der Waals surface area (Å²) < 4.78 is 10.9. The van der Waals surface area contributed by atoms with Gasteiger partial charge in [-0.15, -0.1) is 0 Å². The van der Waals surface area contributed by atoms with Gasteiger partial charge in [0.05, 0.1) is 25.6 Å². The minimum absolute atomic E-state index is 0.0989. The Bertz CT molecular complexity index is 945. The molecular formula is C22H24BrNO2. The molecule has 0 fully saturated rings. The molecule has 0 N–H and O–H groups in total. The van der Waals surface area contributed by atoms with Gasteiger partial charge in [0, 0.05) is 16.3 Å². The van der Waals surface area contributed by atoms with Gasteiger partial charge in [0.25, 0.3) is 0 Å². The smallest absolute Gasteiger partial charge is 0.161 e. The number of hydrogen-bond donors (Lipinski definition) is 0. The van der Waals surface area contributed by atoms with Gasteiger partial charge in [-0.2, -0.15) is 0 Å². The number of methoxy groups -OCH3 is 2. The van der Waals surface area contributed by atoms with E-state index in [4.69, 9.17) is 14.5 Å². The van der Waals surface area contributed by atoms with Crippen LogP contribution in [0.3, 0.4) is 0 Å². The van der Waals surface area contributed by atoms with Crippen molar-refractivity contribution in [2.45, 2.75) is 31.5 Å². The lowest BCUT2D eigenvalue weighted by atomic mass is 9.86. The van der Waals surface area contributed by atoms with E-state index in [2.05, 4.69) is 67.0 Å². The molecule has 4 heteroatoms. The fourth-order valence-electron chi connectivity index (χ4n) is 3.04. The highest BCUT2D eigenvalue weighted by Gasteiger charge is 2.16. The second kappa shape index (κ2) is 7.28. The molecule has 1 heterocycles. The number of halogens is 1. The van der Waals surface area contributed by atoms with Gasteiger partial charge in [0.1, 0.15) is 0 Å². The monoisotopic (exact) mass is 413 g/mol. The zero-order chi connectivity index (χ0) is 18.9. The van der Waals surface area contributed by atoms with Crippen LogP contribution in [0.2, 0.25) is 0 Å². The van der Waals surface area contributed by atoms with Crippen molar-refractivity contribution in [3.8, 4) is 22.8 Å². The molecule has 0 atom stereocenters. The largest absolute Gasteiger partial charge is 0.493 e. The van der Waals surface area contributed by atoms with Gasteiger partial charge in [-0.05, 0) is 40.6 Å². The van der Waals surface area contributed by atoms with E-state index in [-0.39, 0.29) is 5.41 Å². The van der Waals surface area contributed by atoms with Crippen LogP contribution in [0.25, 0.3) is 22.0 Å². The lowest BCUT2D eigenvalue weighted by Crippen LogP contribution is -2.10. The molecule has 0 spiro atoms. The average Bonchev–Trinajstić information content (AvgIpc) is 2.65. The van der Waals surface area contributed by atoms with E-state index in [1.165, 1.54) is 5.56 Å². The number of ether oxygens (including phenoxy) is 2. The lowest BCUT2D eigenvalue weighted by Gasteiger charge is -2.20. The molecular weight excluding hydrogens is 390 g/mol. The maximum atomic E-state index is 5.47. The summed E-state index contributed by atoms with van der Waals surface area (Å²) >= 11 is 3.58. The summed E-state index contributed by atoms with van der Waals surface area (Å²) in [6.07, 6.45) is 0. The molecule has 2 aromatic carbocycles. The SMILES string of the molecule is COc1cc2cc(-c3cccc(C(C)(C)C)c3)nc(CBr)c2cc1OC. The van der Waals surface area contributed by atoms with Crippen molar-refractivity contribution in [1.82, 2.24) is 4.98 Å². The van der Waals surface area contributed by atoms with Gasteiger partial charge in [0.15, 0.2) is 11.5 Å². The third-order valence-corrected chi connectivity index (χ3v) is 5.10. The molecule has 1 aromatic heterocycles. The normalized spacial score (nSPS) is 11.6. The van der Waals surface area contributed by atoms with E-state index >= 15 is 0 Å². The van der Waals surface area contributed by atoms with E-state index in [1.54, 1.807) is 14.2 Å². The van der Waals surface area contributed by atoms with Crippen LogP contribution in [0.1, 0.15) is 32.0 Å². The Kier molecular flexibility index (Phi) is 5.24. The van der Waals surface area contributed by atoms with E-state index < -0.39 is 0 Å². The van der Waals surface area contributed by atoms with Gasteiger partial charge >= 0.3 is 0 Å². The number of nitrogens with zero attached hydrogens (tertiary/aromatic N) is 1. The van der Waals surface area contributed by atoms with Crippen molar-refractivity contribution >= 4 is 26.7 Å². The van der Waals surface area contributed by atoms with E-state index in [0.29, 0.717) is 11.1 Å². The molecule has 3 aromatic rings. The maximum absolute atomic E-state index is 5.47. The van der Waals surface area contributed by atoms with Crippen LogP contribution in [-0.4, -0.2) is 19.2 Å². The number of hydrogen-bond acceptors (Lipinski definition) is 3. The topological polar surface area (TPSA) is 31.4 Å². The number of fused-ring (bicyclic) bond motifs is 1. The fraction of sp³-hybridized carbons (Fsp3) is 0.318. The summed E-state index contributed by atoms with van der Waals surface area (Å²) in [4.78, 5) is 4.90. The zero-order valence-electron chi connectivity index (χ0n) is 15.9. The molecule has 26 heavy (non-hydrogen) atoms. The maximum Gasteiger partial charge on any atom is 0.161 e. The Morgan fingerprint density at radius 1 is 0.962 bits per heavy atom. The Morgan fingerprint density at radius 3 is 2.27 bits per heavy atom. The lowest BCUT2D eigenvalue weighted by molar-refractivity contribution is 0.356. The first-order chi connectivity index (χ1) is 12.4. The van der Waals surface area contributed by atoms with Crippen LogP contribution < -0.4 is 9.47 Å². The highest BCUT2D eigenvalue weighted by molar-refractivity contribution is 9.08. The molecule has 0 saturated carbocycles. The Hall–Kier alpha value is -2.07. The van der Waals surface area contributed by atoms with Gasteiger partial charge in [-0.1, -0.05) is 54.9 Å². The average molecular weight is 414 g/mol. The predicted octanol–water partition coefficient (Wildman–Crippen LogP) is 6.11. The first-order valence-corrected chi connectivity index (χ1v) is 9.72. The first-order valence-electron chi connectivity index (χ1n) is 8.60. The number of alkyl halides is 1. The molecule has 0 unspecified atom stereocenters. The summed E-state index contributed by atoms with van der Waals surface area (Å²) in [5.41, 5.74) is 4.47. The molecule has 0 amide bonds. The van der Waals surface area contributed by atoms with Gasteiger partial charge < -0.3 is 9.47 Å². The first kappa shape index (κ1) is 18.7. The fourth-order valence-corrected chi connectivity index (χ4v) is 3.47. The number of rotatable bonds is 4. The minimum atomic E-state index is 0.0989. The molecule has 0 saturated heterocycles. The van der Waals surface area contributed by atoms with Gasteiger partial charge in [-0.25, -0.2) is 0 Å². The van der Waals surface area contributed by atoms with Crippen molar-refractivity contribution in [1.29, 1.82) is 0 Å². The highest BCUT2D eigenvalue weighted by Crippen LogP contribution is 2.36. The second-order valence-corrected chi connectivity index (χ2v) is 7.91. The zero-order valence-corrected chi connectivity index (χ0v) is 17.5. The molecule has 0 aliphatic rings. The summed E-state index contributed by atoms with van der Waals surface area (Å²) in [6.45, 7) is 6.67.